The number of carboxylic acid groups (broad SMARTS) is 1. The monoisotopic (exact) mass is 269 g/mol. The lowest BCUT2D eigenvalue weighted by atomic mass is 10.3. The Labute approximate surface area is 111 Å². The van der Waals surface area contributed by atoms with E-state index in [1.165, 1.54) is 0 Å². The Bertz CT molecular complexity index is 476. The number of aliphatic carboxylic acids is 1. The zero-order valence-electron chi connectivity index (χ0n) is 10.5. The number of aromatic nitrogens is 2. The lowest BCUT2D eigenvalue weighted by Crippen LogP contribution is -2.30. The second-order valence-corrected chi connectivity index (χ2v) is 4.31. The number of rotatable bonds is 6. The maximum absolute atomic E-state index is 10.7. The average molecular weight is 270 g/mol. The van der Waals surface area contributed by atoms with Crippen molar-refractivity contribution in [1.82, 2.24) is 14.7 Å². The lowest BCUT2D eigenvalue weighted by molar-refractivity contribution is -0.138. The van der Waals surface area contributed by atoms with Crippen LogP contribution in [0.5, 0.6) is 0 Å². The summed E-state index contributed by atoms with van der Waals surface area (Å²) in [7, 11) is 1.79. The molecule has 98 valence electrons. The molecule has 0 unspecified atom stereocenters. The van der Waals surface area contributed by atoms with E-state index in [1.807, 2.05) is 6.92 Å². The van der Waals surface area contributed by atoms with Crippen LogP contribution in [0.2, 0.25) is 5.02 Å². The molecule has 1 aromatic rings. The van der Waals surface area contributed by atoms with Crippen LogP contribution < -0.4 is 0 Å². The van der Waals surface area contributed by atoms with E-state index in [-0.39, 0.29) is 13.1 Å². The zero-order chi connectivity index (χ0) is 13.7. The van der Waals surface area contributed by atoms with Crippen LogP contribution in [0.25, 0.3) is 0 Å². The first-order valence-corrected chi connectivity index (χ1v) is 5.95. The maximum Gasteiger partial charge on any atom is 0.317 e. The van der Waals surface area contributed by atoms with E-state index in [9.17, 15) is 4.79 Å². The molecule has 1 aromatic heterocycles. The number of carboxylic acids is 1. The molecule has 0 aliphatic heterocycles. The van der Waals surface area contributed by atoms with Crippen molar-refractivity contribution in [2.45, 2.75) is 19.9 Å². The summed E-state index contributed by atoms with van der Waals surface area (Å²) in [4.78, 5) is 12.4. The minimum atomic E-state index is -0.917. The minimum Gasteiger partial charge on any atom is -0.480 e. The number of hydrogen-bond donors (Lipinski definition) is 1. The molecule has 0 spiro atoms. The van der Waals surface area contributed by atoms with Crippen molar-refractivity contribution in [3.63, 3.8) is 0 Å². The summed E-state index contributed by atoms with van der Waals surface area (Å²) >= 11 is 6.20. The molecule has 5 nitrogen and oxygen atoms in total. The highest BCUT2D eigenvalue weighted by Crippen LogP contribution is 2.22. The van der Waals surface area contributed by atoms with Crippen LogP contribution in [-0.4, -0.2) is 38.8 Å². The lowest BCUT2D eigenvalue weighted by Gasteiger charge is -2.17. The van der Waals surface area contributed by atoms with Gasteiger partial charge in [-0.15, -0.1) is 6.42 Å². The number of terminal acetylenes is 1. The van der Waals surface area contributed by atoms with Crippen LogP contribution in [0.4, 0.5) is 0 Å². The summed E-state index contributed by atoms with van der Waals surface area (Å²) in [6.45, 7) is 2.48. The molecule has 0 aromatic carbocycles. The smallest absolute Gasteiger partial charge is 0.317 e. The Morgan fingerprint density at radius 2 is 2.33 bits per heavy atom. The third kappa shape index (κ3) is 3.49. The highest BCUT2D eigenvalue weighted by molar-refractivity contribution is 6.31. The number of carbonyl (C=O) groups is 1. The molecule has 0 saturated carbocycles. The molecule has 0 fully saturated rings. The molecule has 0 atom stereocenters. The Hall–Kier alpha value is -1.51. The molecule has 0 aliphatic carbocycles. The Balaban J connectivity index is 2.90. The number of hydrogen-bond acceptors (Lipinski definition) is 3. The Morgan fingerprint density at radius 3 is 2.78 bits per heavy atom. The van der Waals surface area contributed by atoms with Crippen LogP contribution in [0.1, 0.15) is 18.3 Å². The molecule has 1 rings (SSSR count). The Morgan fingerprint density at radius 1 is 1.67 bits per heavy atom. The summed E-state index contributed by atoms with van der Waals surface area (Å²) in [6.07, 6.45) is 5.96. The van der Waals surface area contributed by atoms with Crippen LogP contribution in [0, 0.1) is 12.3 Å². The van der Waals surface area contributed by atoms with Gasteiger partial charge < -0.3 is 5.11 Å². The van der Waals surface area contributed by atoms with Crippen molar-refractivity contribution < 1.29 is 9.90 Å². The molecular formula is C12H16ClN3O2. The predicted octanol–water partition coefficient (Wildman–Crippen LogP) is 1.16. The molecule has 0 bridgehead atoms. The maximum atomic E-state index is 10.7. The highest BCUT2D eigenvalue weighted by atomic mass is 35.5. The van der Waals surface area contributed by atoms with E-state index in [4.69, 9.17) is 23.1 Å². The van der Waals surface area contributed by atoms with Gasteiger partial charge in [0.1, 0.15) is 0 Å². The van der Waals surface area contributed by atoms with Gasteiger partial charge in [0, 0.05) is 13.6 Å². The first kappa shape index (κ1) is 14.6. The van der Waals surface area contributed by atoms with Gasteiger partial charge in [0.15, 0.2) is 0 Å². The van der Waals surface area contributed by atoms with Crippen LogP contribution in [0.3, 0.4) is 0 Å². The van der Waals surface area contributed by atoms with E-state index in [2.05, 4.69) is 11.0 Å². The molecule has 1 N–H and O–H groups in total. The summed E-state index contributed by atoms with van der Waals surface area (Å²) < 4.78 is 1.67. The summed E-state index contributed by atoms with van der Waals surface area (Å²) in [6, 6.07) is 0. The number of halogens is 1. The molecule has 0 radical (unpaired) electrons. The molecular weight excluding hydrogens is 254 g/mol. The van der Waals surface area contributed by atoms with Crippen LogP contribution in [-0.2, 0) is 24.8 Å². The van der Waals surface area contributed by atoms with Gasteiger partial charge >= 0.3 is 5.97 Å². The largest absolute Gasteiger partial charge is 0.480 e. The number of nitrogens with zero attached hydrogens (tertiary/aromatic N) is 3. The van der Waals surface area contributed by atoms with Crippen LogP contribution in [0.15, 0.2) is 0 Å². The summed E-state index contributed by atoms with van der Waals surface area (Å²) in [5.41, 5.74) is 1.59. The standard InChI is InChI=1S/C12H16ClN3O2/c1-4-6-16(8-11(17)18)7-10-12(13)9(5-2)14-15(10)3/h1H,5-8H2,2-3H3,(H,17,18). The SMILES string of the molecule is C#CCN(CC(=O)O)Cc1c(Cl)c(CC)nn1C. The molecule has 1 heterocycles. The Kier molecular flexibility index (Phi) is 5.20. The summed E-state index contributed by atoms with van der Waals surface area (Å²) in [5.74, 6) is 1.53. The average Bonchev–Trinajstić information content (AvgIpc) is 2.56. The van der Waals surface area contributed by atoms with E-state index < -0.39 is 5.97 Å². The van der Waals surface area contributed by atoms with Gasteiger partial charge in [-0.1, -0.05) is 24.4 Å². The third-order valence-electron chi connectivity index (χ3n) is 2.55. The third-order valence-corrected chi connectivity index (χ3v) is 2.99. The zero-order valence-corrected chi connectivity index (χ0v) is 11.2. The fourth-order valence-corrected chi connectivity index (χ4v) is 2.04. The van der Waals surface area contributed by atoms with Gasteiger partial charge in [-0.3, -0.25) is 14.4 Å². The molecule has 0 aliphatic rings. The highest BCUT2D eigenvalue weighted by Gasteiger charge is 2.17. The van der Waals surface area contributed by atoms with Gasteiger partial charge in [-0.05, 0) is 6.42 Å². The van der Waals surface area contributed by atoms with Crippen molar-refractivity contribution >= 4 is 17.6 Å². The fourth-order valence-electron chi connectivity index (χ4n) is 1.69. The van der Waals surface area contributed by atoms with Crippen molar-refractivity contribution in [2.75, 3.05) is 13.1 Å². The second-order valence-electron chi connectivity index (χ2n) is 3.93. The summed E-state index contributed by atoms with van der Waals surface area (Å²) in [5, 5.41) is 13.7. The topological polar surface area (TPSA) is 58.4 Å². The van der Waals surface area contributed by atoms with Gasteiger partial charge in [0.05, 0.1) is 29.5 Å². The van der Waals surface area contributed by atoms with Crippen LogP contribution >= 0.6 is 11.6 Å². The minimum absolute atomic E-state index is 0.118. The number of aryl methyl sites for hydroxylation is 2. The van der Waals surface area contributed by atoms with Gasteiger partial charge in [0.2, 0.25) is 0 Å². The normalized spacial score (nSPS) is 10.6. The van der Waals surface area contributed by atoms with E-state index in [1.54, 1.807) is 16.6 Å². The van der Waals surface area contributed by atoms with Crippen molar-refractivity contribution in [1.29, 1.82) is 0 Å². The fraction of sp³-hybridized carbons (Fsp3) is 0.500. The molecule has 6 heteroatoms. The van der Waals surface area contributed by atoms with Gasteiger partial charge in [-0.25, -0.2) is 0 Å². The van der Waals surface area contributed by atoms with Crippen molar-refractivity contribution in [3.05, 3.63) is 16.4 Å². The predicted molar refractivity (Wildman–Crippen MR) is 69.3 cm³/mol. The van der Waals surface area contributed by atoms with E-state index in [0.29, 0.717) is 11.6 Å². The first-order valence-electron chi connectivity index (χ1n) is 5.57. The van der Waals surface area contributed by atoms with Gasteiger partial charge in [-0.2, -0.15) is 5.10 Å². The quantitative estimate of drug-likeness (QED) is 0.788. The van der Waals surface area contributed by atoms with E-state index in [0.717, 1.165) is 17.8 Å². The van der Waals surface area contributed by atoms with Gasteiger partial charge in [0.25, 0.3) is 0 Å². The molecule has 0 saturated heterocycles. The second kappa shape index (κ2) is 6.43. The molecule has 18 heavy (non-hydrogen) atoms. The first-order chi connectivity index (χ1) is 8.49. The van der Waals surface area contributed by atoms with Crippen molar-refractivity contribution in [2.24, 2.45) is 7.05 Å². The van der Waals surface area contributed by atoms with E-state index >= 15 is 0 Å². The van der Waals surface area contributed by atoms with Crippen molar-refractivity contribution in [3.8, 4) is 12.3 Å². The molecule has 0 amide bonds.